The average Bonchev–Trinajstić information content (AvgIpc) is 2.43. The number of methoxy groups -OCH3 is 1. The Balaban J connectivity index is 2.82. The van der Waals surface area contributed by atoms with Crippen LogP contribution in [-0.4, -0.2) is 12.1 Å². The quantitative estimate of drug-likeness (QED) is 0.910. The van der Waals surface area contributed by atoms with Crippen LogP contribution in [0.5, 0.6) is 5.75 Å². The molecule has 1 N–H and O–H groups in total. The zero-order valence-corrected chi connectivity index (χ0v) is 12.0. The van der Waals surface area contributed by atoms with Crippen LogP contribution < -0.4 is 10.3 Å². The summed E-state index contributed by atoms with van der Waals surface area (Å²) in [5.41, 5.74) is 4.33. The van der Waals surface area contributed by atoms with Gasteiger partial charge < -0.3 is 9.72 Å². The first-order valence-corrected chi connectivity index (χ1v) is 6.28. The van der Waals surface area contributed by atoms with Crippen molar-refractivity contribution < 1.29 is 4.74 Å². The van der Waals surface area contributed by atoms with E-state index >= 15 is 0 Å². The lowest BCUT2D eigenvalue weighted by Crippen LogP contribution is -2.11. The van der Waals surface area contributed by atoms with Crippen LogP contribution in [0.15, 0.2) is 23.1 Å². The van der Waals surface area contributed by atoms with Gasteiger partial charge in [-0.2, -0.15) is 5.26 Å². The minimum atomic E-state index is -0.365. The number of hydrogen-bond acceptors (Lipinski definition) is 3. The Hall–Kier alpha value is -2.54. The van der Waals surface area contributed by atoms with Gasteiger partial charge in [-0.3, -0.25) is 4.79 Å². The van der Waals surface area contributed by atoms with Gasteiger partial charge in [-0.1, -0.05) is 0 Å². The summed E-state index contributed by atoms with van der Waals surface area (Å²) in [6.45, 7) is 5.90. The standard InChI is InChI=1S/C16H16N2O2/c1-9-7-13(10(2)11(3)15(9)20-4)12-5-6-18-16(19)14(12)8-17/h5-7H,1-4H3,(H,18,19). The highest BCUT2D eigenvalue weighted by Crippen LogP contribution is 2.34. The number of nitrogens with zero attached hydrogens (tertiary/aromatic N) is 1. The SMILES string of the molecule is COc1c(C)cc(-c2cc[nH]c(=O)c2C#N)c(C)c1C. The minimum Gasteiger partial charge on any atom is -0.496 e. The topological polar surface area (TPSA) is 65.9 Å². The number of benzene rings is 1. The van der Waals surface area contributed by atoms with E-state index in [2.05, 4.69) is 4.98 Å². The lowest BCUT2D eigenvalue weighted by molar-refractivity contribution is 0.408. The molecule has 0 amide bonds. The number of aromatic amines is 1. The Kier molecular flexibility index (Phi) is 3.62. The Morgan fingerprint density at radius 3 is 2.50 bits per heavy atom. The maximum Gasteiger partial charge on any atom is 0.266 e. The molecule has 0 aliphatic carbocycles. The highest BCUT2D eigenvalue weighted by atomic mass is 16.5. The van der Waals surface area contributed by atoms with Crippen molar-refractivity contribution in [2.24, 2.45) is 0 Å². The molecule has 2 rings (SSSR count). The van der Waals surface area contributed by atoms with Crippen molar-refractivity contribution in [3.05, 3.63) is 50.9 Å². The largest absolute Gasteiger partial charge is 0.496 e. The Labute approximate surface area is 117 Å². The molecule has 0 saturated heterocycles. The fourth-order valence-corrected chi connectivity index (χ4v) is 2.47. The Bertz CT molecular complexity index is 767. The Morgan fingerprint density at radius 1 is 1.20 bits per heavy atom. The second kappa shape index (κ2) is 5.22. The summed E-state index contributed by atoms with van der Waals surface area (Å²) in [6, 6.07) is 5.69. The normalized spacial score (nSPS) is 10.2. The second-order valence-electron chi connectivity index (χ2n) is 4.73. The van der Waals surface area contributed by atoms with Crippen molar-refractivity contribution in [1.82, 2.24) is 4.98 Å². The molecule has 4 nitrogen and oxygen atoms in total. The van der Waals surface area contributed by atoms with E-state index in [4.69, 9.17) is 4.74 Å². The molecular formula is C16H16N2O2. The zero-order chi connectivity index (χ0) is 14.9. The van der Waals surface area contributed by atoms with E-state index in [1.807, 2.05) is 32.9 Å². The highest BCUT2D eigenvalue weighted by Gasteiger charge is 2.15. The summed E-state index contributed by atoms with van der Waals surface area (Å²) in [5, 5.41) is 9.20. The molecule has 0 bridgehead atoms. The zero-order valence-electron chi connectivity index (χ0n) is 12.0. The van der Waals surface area contributed by atoms with Crippen molar-refractivity contribution in [2.45, 2.75) is 20.8 Å². The molecule has 2 aromatic rings. The first kappa shape index (κ1) is 13.9. The predicted octanol–water partition coefficient (Wildman–Crippen LogP) is 2.85. The monoisotopic (exact) mass is 268 g/mol. The first-order valence-electron chi connectivity index (χ1n) is 6.28. The van der Waals surface area contributed by atoms with Gasteiger partial charge in [-0.15, -0.1) is 0 Å². The van der Waals surface area contributed by atoms with Crippen LogP contribution in [0, 0.1) is 32.1 Å². The number of nitrogens with one attached hydrogen (secondary N) is 1. The predicted molar refractivity (Wildman–Crippen MR) is 78.0 cm³/mol. The molecule has 1 aromatic heterocycles. The molecule has 1 aromatic carbocycles. The van der Waals surface area contributed by atoms with Gasteiger partial charge in [0.25, 0.3) is 5.56 Å². The van der Waals surface area contributed by atoms with E-state index in [1.165, 1.54) is 0 Å². The molecule has 0 aliphatic rings. The third-order valence-electron chi connectivity index (χ3n) is 3.59. The van der Waals surface area contributed by atoms with Gasteiger partial charge in [0.1, 0.15) is 17.4 Å². The number of rotatable bonds is 2. The van der Waals surface area contributed by atoms with Crippen LogP contribution in [0.2, 0.25) is 0 Å². The third-order valence-corrected chi connectivity index (χ3v) is 3.59. The van der Waals surface area contributed by atoms with Gasteiger partial charge in [0.15, 0.2) is 0 Å². The number of hydrogen-bond donors (Lipinski definition) is 1. The van der Waals surface area contributed by atoms with Crippen LogP contribution >= 0.6 is 0 Å². The molecule has 1 heterocycles. The maximum atomic E-state index is 11.7. The maximum absolute atomic E-state index is 11.7. The summed E-state index contributed by atoms with van der Waals surface area (Å²) < 4.78 is 5.39. The van der Waals surface area contributed by atoms with E-state index in [-0.39, 0.29) is 11.1 Å². The number of pyridine rings is 1. The van der Waals surface area contributed by atoms with Crippen LogP contribution in [-0.2, 0) is 0 Å². The van der Waals surface area contributed by atoms with E-state index in [0.29, 0.717) is 5.56 Å². The van der Waals surface area contributed by atoms with Crippen molar-refractivity contribution in [3.63, 3.8) is 0 Å². The smallest absolute Gasteiger partial charge is 0.266 e. The van der Waals surface area contributed by atoms with Crippen LogP contribution in [0.3, 0.4) is 0 Å². The molecular weight excluding hydrogens is 252 g/mol. The molecule has 0 radical (unpaired) electrons. The molecule has 0 spiro atoms. The molecule has 0 atom stereocenters. The number of ether oxygens (including phenoxy) is 1. The summed E-state index contributed by atoms with van der Waals surface area (Å²) in [6.07, 6.45) is 1.56. The van der Waals surface area contributed by atoms with E-state index < -0.39 is 0 Å². The molecule has 20 heavy (non-hydrogen) atoms. The van der Waals surface area contributed by atoms with E-state index in [0.717, 1.165) is 28.0 Å². The van der Waals surface area contributed by atoms with Crippen molar-refractivity contribution in [2.75, 3.05) is 7.11 Å². The van der Waals surface area contributed by atoms with Gasteiger partial charge in [0.2, 0.25) is 0 Å². The van der Waals surface area contributed by atoms with E-state index in [1.54, 1.807) is 19.4 Å². The molecule has 0 aliphatic heterocycles. The van der Waals surface area contributed by atoms with Crippen molar-refractivity contribution in [3.8, 4) is 22.9 Å². The first-order chi connectivity index (χ1) is 9.51. The second-order valence-corrected chi connectivity index (χ2v) is 4.73. The van der Waals surface area contributed by atoms with Crippen LogP contribution in [0.1, 0.15) is 22.3 Å². The average molecular weight is 268 g/mol. The minimum absolute atomic E-state index is 0.138. The molecule has 4 heteroatoms. The van der Waals surface area contributed by atoms with Crippen LogP contribution in [0.4, 0.5) is 0 Å². The van der Waals surface area contributed by atoms with Crippen LogP contribution in [0.25, 0.3) is 11.1 Å². The summed E-state index contributed by atoms with van der Waals surface area (Å²) in [7, 11) is 1.64. The van der Waals surface area contributed by atoms with Gasteiger partial charge in [0.05, 0.1) is 7.11 Å². The summed E-state index contributed by atoms with van der Waals surface area (Å²) in [5.74, 6) is 0.842. The summed E-state index contributed by atoms with van der Waals surface area (Å²) >= 11 is 0. The lowest BCUT2D eigenvalue weighted by atomic mass is 9.92. The number of H-pyrrole nitrogens is 1. The molecule has 102 valence electrons. The van der Waals surface area contributed by atoms with Crippen molar-refractivity contribution in [1.29, 1.82) is 5.26 Å². The highest BCUT2D eigenvalue weighted by molar-refractivity contribution is 5.75. The Morgan fingerprint density at radius 2 is 1.90 bits per heavy atom. The molecule has 0 saturated carbocycles. The third kappa shape index (κ3) is 2.08. The summed E-state index contributed by atoms with van der Waals surface area (Å²) in [4.78, 5) is 14.3. The fourth-order valence-electron chi connectivity index (χ4n) is 2.47. The lowest BCUT2D eigenvalue weighted by Gasteiger charge is -2.16. The van der Waals surface area contributed by atoms with Crippen molar-refractivity contribution >= 4 is 0 Å². The van der Waals surface area contributed by atoms with Gasteiger partial charge in [0, 0.05) is 11.8 Å². The molecule has 0 unspecified atom stereocenters. The van der Waals surface area contributed by atoms with Gasteiger partial charge >= 0.3 is 0 Å². The van der Waals surface area contributed by atoms with Gasteiger partial charge in [-0.05, 0) is 55.2 Å². The van der Waals surface area contributed by atoms with Gasteiger partial charge in [-0.25, -0.2) is 0 Å². The molecule has 0 fully saturated rings. The number of aromatic nitrogens is 1. The number of aryl methyl sites for hydroxylation is 1. The number of nitriles is 1. The fraction of sp³-hybridized carbons (Fsp3) is 0.250. The van der Waals surface area contributed by atoms with E-state index in [9.17, 15) is 10.1 Å².